The van der Waals surface area contributed by atoms with Gasteiger partial charge in [-0.25, -0.2) is 0 Å². The normalized spacial score (nSPS) is 19.4. The van der Waals surface area contributed by atoms with Gasteiger partial charge in [0.2, 0.25) is 0 Å². The number of anilines is 1. The molecular formula is C13H20N2O. The van der Waals surface area contributed by atoms with Crippen molar-refractivity contribution in [2.45, 2.75) is 13.3 Å². The Morgan fingerprint density at radius 1 is 1.50 bits per heavy atom. The molecule has 0 fully saturated rings. The predicted molar refractivity (Wildman–Crippen MR) is 67.1 cm³/mol. The van der Waals surface area contributed by atoms with E-state index in [-0.39, 0.29) is 0 Å². The van der Waals surface area contributed by atoms with E-state index in [1.54, 1.807) is 0 Å². The summed E-state index contributed by atoms with van der Waals surface area (Å²) in [6, 6.07) is 6.29. The lowest BCUT2D eigenvalue weighted by Gasteiger charge is -2.34. The molecule has 1 aliphatic heterocycles. The number of benzene rings is 1. The molecule has 1 aromatic rings. The topological polar surface area (TPSA) is 38.5 Å². The molecule has 2 rings (SSSR count). The van der Waals surface area contributed by atoms with Gasteiger partial charge in [-0.2, -0.15) is 0 Å². The Morgan fingerprint density at radius 3 is 3.00 bits per heavy atom. The van der Waals surface area contributed by atoms with Crippen LogP contribution < -0.4 is 15.4 Å². The van der Waals surface area contributed by atoms with Gasteiger partial charge in [-0.3, -0.25) is 0 Å². The maximum absolute atomic E-state index is 5.76. The number of nitrogens with two attached hydrogens (primary N) is 1. The summed E-state index contributed by atoms with van der Waals surface area (Å²) in [5.41, 5.74) is 8.36. The second kappa shape index (κ2) is 4.74. The number of rotatable bonds is 3. The molecule has 3 nitrogen and oxygen atoms in total. The van der Waals surface area contributed by atoms with Gasteiger partial charge in [-0.1, -0.05) is 12.1 Å². The number of para-hydroxylation sites is 1. The van der Waals surface area contributed by atoms with E-state index in [4.69, 9.17) is 10.5 Å². The van der Waals surface area contributed by atoms with Crippen molar-refractivity contribution in [1.82, 2.24) is 0 Å². The fourth-order valence-electron chi connectivity index (χ4n) is 2.45. The Bertz CT molecular complexity index is 365. The van der Waals surface area contributed by atoms with E-state index in [1.807, 2.05) is 13.0 Å². The molecule has 1 aromatic carbocycles. The SMILES string of the molecule is CCOc1cccc2c1N(C)C[C@H](CN)C2. The van der Waals surface area contributed by atoms with Gasteiger partial charge in [-0.05, 0) is 37.4 Å². The molecule has 0 spiro atoms. The summed E-state index contributed by atoms with van der Waals surface area (Å²) < 4.78 is 5.67. The molecule has 0 aliphatic carbocycles. The Morgan fingerprint density at radius 2 is 2.31 bits per heavy atom. The largest absolute Gasteiger partial charge is 0.492 e. The Kier molecular flexibility index (Phi) is 3.34. The summed E-state index contributed by atoms with van der Waals surface area (Å²) in [5.74, 6) is 1.56. The third kappa shape index (κ3) is 2.00. The lowest BCUT2D eigenvalue weighted by Crippen LogP contribution is -2.36. The smallest absolute Gasteiger partial charge is 0.142 e. The first-order chi connectivity index (χ1) is 7.76. The third-order valence-electron chi connectivity index (χ3n) is 3.14. The van der Waals surface area contributed by atoms with Crippen LogP contribution in [0.2, 0.25) is 0 Å². The quantitative estimate of drug-likeness (QED) is 0.842. The molecule has 1 aliphatic rings. The summed E-state index contributed by atoms with van der Waals surface area (Å²) in [5, 5.41) is 0. The third-order valence-corrected chi connectivity index (χ3v) is 3.14. The van der Waals surface area contributed by atoms with Crippen LogP contribution in [0.15, 0.2) is 18.2 Å². The van der Waals surface area contributed by atoms with Crippen LogP contribution in [0.4, 0.5) is 5.69 Å². The Balaban J connectivity index is 2.35. The van der Waals surface area contributed by atoms with Crippen LogP contribution >= 0.6 is 0 Å². The van der Waals surface area contributed by atoms with E-state index in [0.717, 1.165) is 25.3 Å². The molecule has 0 radical (unpaired) electrons. The lowest BCUT2D eigenvalue weighted by molar-refractivity contribution is 0.338. The molecule has 88 valence electrons. The van der Waals surface area contributed by atoms with Gasteiger partial charge in [-0.15, -0.1) is 0 Å². The zero-order valence-electron chi connectivity index (χ0n) is 10.1. The monoisotopic (exact) mass is 220 g/mol. The lowest BCUT2D eigenvalue weighted by atomic mass is 9.92. The van der Waals surface area contributed by atoms with E-state index in [0.29, 0.717) is 12.5 Å². The molecule has 0 saturated heterocycles. The van der Waals surface area contributed by atoms with Crippen LogP contribution in [0.5, 0.6) is 5.75 Å². The molecule has 0 bridgehead atoms. The van der Waals surface area contributed by atoms with E-state index >= 15 is 0 Å². The highest BCUT2D eigenvalue weighted by atomic mass is 16.5. The predicted octanol–water partition coefficient (Wildman–Crippen LogP) is 1.65. The van der Waals surface area contributed by atoms with Gasteiger partial charge in [0.25, 0.3) is 0 Å². The maximum Gasteiger partial charge on any atom is 0.142 e. The number of hydrogen-bond donors (Lipinski definition) is 1. The zero-order chi connectivity index (χ0) is 11.5. The van der Waals surface area contributed by atoms with Crippen LogP contribution in [0.1, 0.15) is 12.5 Å². The fourth-order valence-corrected chi connectivity index (χ4v) is 2.45. The van der Waals surface area contributed by atoms with Crippen molar-refractivity contribution in [1.29, 1.82) is 0 Å². The van der Waals surface area contributed by atoms with E-state index < -0.39 is 0 Å². The minimum atomic E-state index is 0.564. The van der Waals surface area contributed by atoms with Gasteiger partial charge >= 0.3 is 0 Å². The highest BCUT2D eigenvalue weighted by Crippen LogP contribution is 2.36. The van der Waals surface area contributed by atoms with Gasteiger partial charge in [0.1, 0.15) is 5.75 Å². The number of fused-ring (bicyclic) bond motifs is 1. The highest BCUT2D eigenvalue weighted by Gasteiger charge is 2.23. The highest BCUT2D eigenvalue weighted by molar-refractivity contribution is 5.65. The number of nitrogens with zero attached hydrogens (tertiary/aromatic N) is 1. The first-order valence-electron chi connectivity index (χ1n) is 5.92. The van der Waals surface area contributed by atoms with Crippen molar-refractivity contribution in [3.63, 3.8) is 0 Å². The molecule has 1 atom stereocenters. The summed E-state index contributed by atoms with van der Waals surface area (Å²) in [7, 11) is 2.11. The summed E-state index contributed by atoms with van der Waals surface area (Å²) >= 11 is 0. The van der Waals surface area contributed by atoms with Crippen molar-refractivity contribution < 1.29 is 4.74 Å². The maximum atomic E-state index is 5.76. The molecule has 0 saturated carbocycles. The first kappa shape index (κ1) is 11.3. The summed E-state index contributed by atoms with van der Waals surface area (Å²) in [6.45, 7) is 4.51. The van der Waals surface area contributed by atoms with E-state index in [1.165, 1.54) is 11.3 Å². The number of hydrogen-bond acceptors (Lipinski definition) is 3. The van der Waals surface area contributed by atoms with Gasteiger partial charge in [0.15, 0.2) is 0 Å². The molecule has 16 heavy (non-hydrogen) atoms. The van der Waals surface area contributed by atoms with Crippen LogP contribution in [0.3, 0.4) is 0 Å². The second-order valence-electron chi connectivity index (χ2n) is 4.38. The molecular weight excluding hydrogens is 200 g/mol. The van der Waals surface area contributed by atoms with Crippen molar-refractivity contribution in [3.05, 3.63) is 23.8 Å². The van der Waals surface area contributed by atoms with Crippen molar-refractivity contribution >= 4 is 5.69 Å². The number of ether oxygens (including phenoxy) is 1. The summed E-state index contributed by atoms with van der Waals surface area (Å²) in [6.07, 6.45) is 1.07. The van der Waals surface area contributed by atoms with Crippen LogP contribution in [0, 0.1) is 5.92 Å². The van der Waals surface area contributed by atoms with Crippen molar-refractivity contribution in [2.75, 3.05) is 31.6 Å². The molecule has 0 unspecified atom stereocenters. The van der Waals surface area contributed by atoms with Crippen LogP contribution in [0.25, 0.3) is 0 Å². The van der Waals surface area contributed by atoms with E-state index in [9.17, 15) is 0 Å². The average molecular weight is 220 g/mol. The van der Waals surface area contributed by atoms with Gasteiger partial charge < -0.3 is 15.4 Å². The average Bonchev–Trinajstić information content (AvgIpc) is 2.29. The molecule has 2 N–H and O–H groups in total. The van der Waals surface area contributed by atoms with Crippen molar-refractivity contribution in [2.24, 2.45) is 11.7 Å². The molecule has 0 aromatic heterocycles. The standard InChI is InChI=1S/C13H20N2O/c1-3-16-12-6-4-5-11-7-10(8-14)9-15(2)13(11)12/h4-6,10H,3,7-9,14H2,1-2H3/t10-/m0/s1. The van der Waals surface area contributed by atoms with Gasteiger partial charge in [0, 0.05) is 13.6 Å². The Hall–Kier alpha value is -1.22. The fraction of sp³-hybridized carbons (Fsp3) is 0.538. The van der Waals surface area contributed by atoms with Crippen LogP contribution in [-0.4, -0.2) is 26.7 Å². The minimum Gasteiger partial charge on any atom is -0.492 e. The molecule has 3 heteroatoms. The van der Waals surface area contributed by atoms with Gasteiger partial charge in [0.05, 0.1) is 12.3 Å². The van der Waals surface area contributed by atoms with Crippen LogP contribution in [-0.2, 0) is 6.42 Å². The van der Waals surface area contributed by atoms with E-state index in [2.05, 4.69) is 24.1 Å². The summed E-state index contributed by atoms with van der Waals surface area (Å²) in [4.78, 5) is 2.27. The Labute approximate surface area is 97.2 Å². The zero-order valence-corrected chi connectivity index (χ0v) is 10.1. The second-order valence-corrected chi connectivity index (χ2v) is 4.38. The first-order valence-corrected chi connectivity index (χ1v) is 5.92. The molecule has 0 amide bonds. The van der Waals surface area contributed by atoms with Crippen molar-refractivity contribution in [3.8, 4) is 5.75 Å². The minimum absolute atomic E-state index is 0.564. The molecule has 1 heterocycles.